The number of ether oxygens (including phenoxy) is 1. The minimum Gasteiger partial charge on any atom is -0.378 e. The van der Waals surface area contributed by atoms with Crippen molar-refractivity contribution in [2.45, 2.75) is 58.6 Å². The number of nitrogens with one attached hydrogen (secondary N) is 1. The molecule has 1 N–H and O–H groups in total. The standard InChI is InChI=1S/C22H33N3O3/c1-16(2)15-28-20-10-13-24(14-11-20)17(3)22(27)23-18-6-8-19(9-7-18)25-12-4-5-21(25)26/h6-9,16-17,20H,4-5,10-15H2,1-3H3,(H,23,27). The molecule has 1 aromatic rings. The lowest BCUT2D eigenvalue weighted by Gasteiger charge is -2.35. The monoisotopic (exact) mass is 387 g/mol. The van der Waals surface area contributed by atoms with Gasteiger partial charge in [0.1, 0.15) is 0 Å². The van der Waals surface area contributed by atoms with Crippen molar-refractivity contribution in [2.75, 3.05) is 36.5 Å². The average Bonchev–Trinajstić information content (AvgIpc) is 3.12. The van der Waals surface area contributed by atoms with E-state index in [4.69, 9.17) is 4.74 Å². The Morgan fingerprint density at radius 2 is 1.82 bits per heavy atom. The number of piperidine rings is 1. The van der Waals surface area contributed by atoms with E-state index in [1.54, 1.807) is 4.90 Å². The smallest absolute Gasteiger partial charge is 0.241 e. The van der Waals surface area contributed by atoms with Crippen LogP contribution in [0.1, 0.15) is 46.5 Å². The molecule has 6 heteroatoms. The van der Waals surface area contributed by atoms with E-state index < -0.39 is 0 Å². The van der Waals surface area contributed by atoms with Crippen molar-refractivity contribution in [3.63, 3.8) is 0 Å². The number of rotatable bonds is 7. The molecule has 0 radical (unpaired) electrons. The predicted octanol–water partition coefficient (Wildman–Crippen LogP) is 3.28. The maximum absolute atomic E-state index is 12.7. The van der Waals surface area contributed by atoms with Crippen LogP contribution in [0.4, 0.5) is 11.4 Å². The van der Waals surface area contributed by atoms with Crippen molar-refractivity contribution in [1.29, 1.82) is 0 Å². The van der Waals surface area contributed by atoms with Crippen molar-refractivity contribution in [3.8, 4) is 0 Å². The summed E-state index contributed by atoms with van der Waals surface area (Å²) in [5, 5.41) is 3.00. The maximum Gasteiger partial charge on any atom is 0.241 e. The minimum atomic E-state index is -0.175. The second kappa shape index (κ2) is 9.52. The van der Waals surface area contributed by atoms with E-state index in [2.05, 4.69) is 24.1 Å². The molecule has 2 amide bonds. The van der Waals surface area contributed by atoms with Gasteiger partial charge in [0.25, 0.3) is 0 Å². The fraction of sp³-hybridized carbons (Fsp3) is 0.636. The number of nitrogens with zero attached hydrogens (tertiary/aromatic N) is 2. The zero-order valence-corrected chi connectivity index (χ0v) is 17.3. The fourth-order valence-corrected chi connectivity index (χ4v) is 3.82. The van der Waals surface area contributed by atoms with Crippen LogP contribution in [0.5, 0.6) is 0 Å². The molecule has 2 aliphatic rings. The summed E-state index contributed by atoms with van der Waals surface area (Å²) in [4.78, 5) is 28.5. The Morgan fingerprint density at radius 1 is 1.14 bits per heavy atom. The summed E-state index contributed by atoms with van der Waals surface area (Å²) >= 11 is 0. The highest BCUT2D eigenvalue weighted by atomic mass is 16.5. The third kappa shape index (κ3) is 5.32. The average molecular weight is 388 g/mol. The Hall–Kier alpha value is -1.92. The molecular weight excluding hydrogens is 354 g/mol. The molecule has 2 saturated heterocycles. The van der Waals surface area contributed by atoms with Crippen LogP contribution in [-0.4, -0.2) is 55.1 Å². The van der Waals surface area contributed by atoms with E-state index in [0.717, 1.165) is 56.9 Å². The summed E-state index contributed by atoms with van der Waals surface area (Å²) in [5.41, 5.74) is 1.67. The van der Waals surface area contributed by atoms with Crippen molar-refractivity contribution in [1.82, 2.24) is 4.90 Å². The summed E-state index contributed by atoms with van der Waals surface area (Å²) in [6, 6.07) is 7.38. The molecule has 2 fully saturated rings. The highest BCUT2D eigenvalue weighted by molar-refractivity contribution is 5.97. The highest BCUT2D eigenvalue weighted by Crippen LogP contribution is 2.23. The number of likely N-dealkylation sites (tertiary alicyclic amines) is 1. The summed E-state index contributed by atoms with van der Waals surface area (Å²) in [5.74, 6) is 0.732. The molecule has 1 aromatic carbocycles. The van der Waals surface area contributed by atoms with Gasteiger partial charge in [-0.25, -0.2) is 0 Å². The third-order valence-corrected chi connectivity index (χ3v) is 5.59. The zero-order chi connectivity index (χ0) is 20.1. The molecule has 6 nitrogen and oxygen atoms in total. The van der Waals surface area contributed by atoms with E-state index in [1.807, 2.05) is 31.2 Å². The maximum atomic E-state index is 12.7. The second-order valence-electron chi connectivity index (χ2n) is 8.32. The van der Waals surface area contributed by atoms with Crippen LogP contribution in [0.15, 0.2) is 24.3 Å². The number of carbonyl (C=O) groups is 2. The zero-order valence-electron chi connectivity index (χ0n) is 17.3. The first-order valence-electron chi connectivity index (χ1n) is 10.5. The number of amides is 2. The molecule has 1 atom stereocenters. The predicted molar refractivity (Wildman–Crippen MR) is 112 cm³/mol. The molecule has 154 valence electrons. The largest absolute Gasteiger partial charge is 0.378 e. The highest BCUT2D eigenvalue weighted by Gasteiger charge is 2.27. The lowest BCUT2D eigenvalue weighted by atomic mass is 10.1. The molecular formula is C22H33N3O3. The normalized spacial score (nSPS) is 20.0. The van der Waals surface area contributed by atoms with Crippen LogP contribution in [-0.2, 0) is 14.3 Å². The van der Waals surface area contributed by atoms with Gasteiger partial charge in [-0.3, -0.25) is 14.5 Å². The quantitative estimate of drug-likeness (QED) is 0.780. The van der Waals surface area contributed by atoms with E-state index in [-0.39, 0.29) is 17.9 Å². The Labute approximate surface area is 168 Å². The minimum absolute atomic E-state index is 0.00606. The number of benzene rings is 1. The van der Waals surface area contributed by atoms with E-state index in [0.29, 0.717) is 18.4 Å². The van der Waals surface area contributed by atoms with Gasteiger partial charge in [-0.1, -0.05) is 13.8 Å². The topological polar surface area (TPSA) is 61.9 Å². The third-order valence-electron chi connectivity index (χ3n) is 5.59. The lowest BCUT2D eigenvalue weighted by molar-refractivity contribution is -0.122. The van der Waals surface area contributed by atoms with Gasteiger partial charge in [-0.2, -0.15) is 0 Å². The van der Waals surface area contributed by atoms with E-state index in [9.17, 15) is 9.59 Å². The van der Waals surface area contributed by atoms with Crippen molar-refractivity contribution >= 4 is 23.2 Å². The van der Waals surface area contributed by atoms with Crippen molar-refractivity contribution in [3.05, 3.63) is 24.3 Å². The fourth-order valence-electron chi connectivity index (χ4n) is 3.82. The van der Waals surface area contributed by atoms with Crippen LogP contribution < -0.4 is 10.2 Å². The van der Waals surface area contributed by atoms with Gasteiger partial charge < -0.3 is 15.0 Å². The van der Waals surface area contributed by atoms with Crippen LogP contribution in [0.25, 0.3) is 0 Å². The molecule has 2 heterocycles. The molecule has 0 aliphatic carbocycles. The van der Waals surface area contributed by atoms with Gasteiger partial charge in [0, 0.05) is 44.0 Å². The van der Waals surface area contributed by atoms with Crippen molar-refractivity contribution < 1.29 is 14.3 Å². The van der Waals surface area contributed by atoms with Crippen LogP contribution in [0.3, 0.4) is 0 Å². The van der Waals surface area contributed by atoms with Gasteiger partial charge >= 0.3 is 0 Å². The first-order valence-corrected chi connectivity index (χ1v) is 10.5. The molecule has 0 spiro atoms. The Balaban J connectivity index is 1.47. The van der Waals surface area contributed by atoms with Crippen LogP contribution in [0.2, 0.25) is 0 Å². The van der Waals surface area contributed by atoms with Crippen LogP contribution >= 0.6 is 0 Å². The first kappa shape index (κ1) is 20.8. The van der Waals surface area contributed by atoms with Gasteiger partial charge in [0.05, 0.1) is 12.1 Å². The molecule has 0 bridgehead atoms. The lowest BCUT2D eigenvalue weighted by Crippen LogP contribution is -2.47. The summed E-state index contributed by atoms with van der Waals surface area (Å²) in [6.07, 6.45) is 3.80. The summed E-state index contributed by atoms with van der Waals surface area (Å²) < 4.78 is 5.93. The Morgan fingerprint density at radius 3 is 2.39 bits per heavy atom. The van der Waals surface area contributed by atoms with Crippen molar-refractivity contribution in [2.24, 2.45) is 5.92 Å². The second-order valence-corrected chi connectivity index (χ2v) is 8.32. The number of hydrogen-bond donors (Lipinski definition) is 1. The summed E-state index contributed by atoms with van der Waals surface area (Å²) in [7, 11) is 0. The number of carbonyl (C=O) groups excluding carboxylic acids is 2. The van der Waals surface area contributed by atoms with Gasteiger partial charge in [-0.05, 0) is 56.4 Å². The molecule has 0 aromatic heterocycles. The number of hydrogen-bond acceptors (Lipinski definition) is 4. The van der Waals surface area contributed by atoms with E-state index >= 15 is 0 Å². The van der Waals surface area contributed by atoms with E-state index in [1.165, 1.54) is 0 Å². The SMILES string of the molecule is CC(C)COC1CCN(C(C)C(=O)Nc2ccc(N3CCCC3=O)cc2)CC1. The molecule has 1 unspecified atom stereocenters. The van der Waals surface area contributed by atoms with Gasteiger partial charge in [-0.15, -0.1) is 0 Å². The van der Waals surface area contributed by atoms with Gasteiger partial charge in [0.2, 0.25) is 11.8 Å². The Kier molecular flexibility index (Phi) is 7.08. The Bertz CT molecular complexity index is 666. The number of anilines is 2. The summed E-state index contributed by atoms with van der Waals surface area (Å²) in [6.45, 7) is 9.63. The molecule has 28 heavy (non-hydrogen) atoms. The molecule has 0 saturated carbocycles. The van der Waals surface area contributed by atoms with Gasteiger partial charge in [0.15, 0.2) is 0 Å². The molecule has 3 rings (SSSR count). The van der Waals surface area contributed by atoms with Crippen LogP contribution in [0, 0.1) is 5.92 Å². The molecule has 2 aliphatic heterocycles. The first-order chi connectivity index (χ1) is 13.4.